The van der Waals surface area contributed by atoms with Gasteiger partial charge in [0, 0.05) is 18.7 Å². The van der Waals surface area contributed by atoms with Gasteiger partial charge in [0.1, 0.15) is 42.3 Å². The Bertz CT molecular complexity index is 1080. The van der Waals surface area contributed by atoms with Gasteiger partial charge in [-0.15, -0.1) is 0 Å². The van der Waals surface area contributed by atoms with E-state index in [-0.39, 0.29) is 18.9 Å². The smallest absolute Gasteiger partial charge is 0.458 e. The summed E-state index contributed by atoms with van der Waals surface area (Å²) in [5.41, 5.74) is -2.86. The van der Waals surface area contributed by atoms with Crippen LogP contribution in [0.15, 0.2) is 21.9 Å². The van der Waals surface area contributed by atoms with Gasteiger partial charge in [-0.05, 0) is 47.5 Å². The average molecular weight is 528 g/mol. The number of esters is 1. The molecule has 0 radical (unpaired) electrons. The third-order valence-electron chi connectivity index (χ3n) is 4.96. The first-order valence-electron chi connectivity index (χ1n) is 12.0. The molecule has 1 saturated heterocycles. The Hall–Kier alpha value is -3.35. The Morgan fingerprint density at radius 1 is 1.11 bits per heavy atom. The number of hydrogen-bond acceptors (Lipinski definition) is 10. The number of alkyl carbamates (subject to hydrolysis) is 1. The van der Waals surface area contributed by atoms with E-state index in [2.05, 4.69) is 10.3 Å². The Balaban J connectivity index is 2.20. The lowest BCUT2D eigenvalue weighted by molar-refractivity contribution is -0.157. The molecule has 1 fully saturated rings. The van der Waals surface area contributed by atoms with E-state index in [1.54, 1.807) is 55.4 Å². The molecule has 13 nitrogen and oxygen atoms in total. The number of ether oxygens (including phenoxy) is 5. The monoisotopic (exact) mass is 527 g/mol. The molecule has 2 N–H and O–H groups in total. The zero-order chi connectivity index (χ0) is 28.1. The van der Waals surface area contributed by atoms with Crippen molar-refractivity contribution in [2.45, 2.75) is 97.5 Å². The lowest BCUT2D eigenvalue weighted by Crippen LogP contribution is -2.48. The molecule has 2 rings (SSSR count). The molecule has 1 aromatic heterocycles. The van der Waals surface area contributed by atoms with Gasteiger partial charge in [-0.25, -0.2) is 19.2 Å². The molecular formula is C24H37N3O10. The van der Waals surface area contributed by atoms with Crippen LogP contribution in [0, 0.1) is 5.92 Å². The topological polar surface area (TPSA) is 164 Å². The molecular weight excluding hydrogens is 490 g/mol. The number of hydrogen-bond donors (Lipinski definition) is 2. The number of rotatable bonds is 7. The highest BCUT2D eigenvalue weighted by atomic mass is 16.7. The molecule has 1 unspecified atom stereocenters. The predicted octanol–water partition coefficient (Wildman–Crippen LogP) is 2.24. The van der Waals surface area contributed by atoms with E-state index in [0.29, 0.717) is 0 Å². The minimum Gasteiger partial charge on any atom is -0.458 e. The van der Waals surface area contributed by atoms with E-state index in [1.807, 2.05) is 0 Å². The van der Waals surface area contributed by atoms with Crippen molar-refractivity contribution in [2.75, 3.05) is 6.61 Å². The molecule has 0 saturated carbocycles. The molecule has 2 heterocycles. The summed E-state index contributed by atoms with van der Waals surface area (Å²) in [5, 5.41) is 2.52. The lowest BCUT2D eigenvalue weighted by atomic mass is 10.0. The summed E-state index contributed by atoms with van der Waals surface area (Å²) in [6.07, 6.45) is -3.31. The van der Waals surface area contributed by atoms with Gasteiger partial charge in [0.2, 0.25) is 0 Å². The Morgan fingerprint density at radius 3 is 2.27 bits per heavy atom. The van der Waals surface area contributed by atoms with Crippen molar-refractivity contribution in [1.82, 2.24) is 14.9 Å². The minimum absolute atomic E-state index is 0.0112. The fourth-order valence-corrected chi connectivity index (χ4v) is 3.38. The van der Waals surface area contributed by atoms with Crippen LogP contribution in [0.5, 0.6) is 0 Å². The van der Waals surface area contributed by atoms with Crippen LogP contribution in [-0.2, 0) is 28.5 Å². The van der Waals surface area contributed by atoms with Crippen molar-refractivity contribution in [1.29, 1.82) is 0 Å². The van der Waals surface area contributed by atoms with Crippen LogP contribution in [0.2, 0.25) is 0 Å². The maximum absolute atomic E-state index is 13.1. The molecule has 1 amide bonds. The number of aromatic amines is 1. The molecule has 208 valence electrons. The molecule has 13 heteroatoms. The predicted molar refractivity (Wildman–Crippen MR) is 130 cm³/mol. The summed E-state index contributed by atoms with van der Waals surface area (Å²) in [5.74, 6) is -1.11. The number of nitrogens with zero attached hydrogens (tertiary/aromatic N) is 1. The van der Waals surface area contributed by atoms with Gasteiger partial charge >= 0.3 is 23.9 Å². The van der Waals surface area contributed by atoms with Gasteiger partial charge in [0.05, 0.1) is 0 Å². The van der Waals surface area contributed by atoms with E-state index < -0.39 is 65.1 Å². The molecule has 1 aliphatic heterocycles. The summed E-state index contributed by atoms with van der Waals surface area (Å²) in [6.45, 7) is 13.2. The lowest BCUT2D eigenvalue weighted by Gasteiger charge is -2.26. The second kappa shape index (κ2) is 11.8. The quantitative estimate of drug-likeness (QED) is 0.397. The minimum atomic E-state index is -1.04. The van der Waals surface area contributed by atoms with Crippen molar-refractivity contribution in [2.24, 2.45) is 5.92 Å². The summed E-state index contributed by atoms with van der Waals surface area (Å²) in [6, 6.07) is 0.104. The van der Waals surface area contributed by atoms with E-state index >= 15 is 0 Å². The average Bonchev–Trinajstić information content (AvgIpc) is 3.09. The largest absolute Gasteiger partial charge is 0.508 e. The first-order chi connectivity index (χ1) is 16.9. The van der Waals surface area contributed by atoms with E-state index in [0.717, 1.165) is 10.6 Å². The zero-order valence-electron chi connectivity index (χ0n) is 22.5. The number of nitrogens with one attached hydrogen (secondary N) is 2. The van der Waals surface area contributed by atoms with Crippen molar-refractivity contribution >= 4 is 18.2 Å². The summed E-state index contributed by atoms with van der Waals surface area (Å²) < 4.78 is 28.2. The Morgan fingerprint density at radius 2 is 1.73 bits per heavy atom. The van der Waals surface area contributed by atoms with Gasteiger partial charge in [-0.2, -0.15) is 0 Å². The number of carbonyl (C=O) groups is 3. The Kier molecular flexibility index (Phi) is 9.53. The third kappa shape index (κ3) is 9.56. The highest BCUT2D eigenvalue weighted by molar-refractivity contribution is 5.81. The SMILES string of the molecule is CC(C)[C@@H](NC(=O)OC(C)(C)C)C(=O)OC1C[C@H](n2ccc(=O)[nH]c2=O)O[C@@H]1COC(=O)OC(C)(C)C. The van der Waals surface area contributed by atoms with Gasteiger partial charge in [0.15, 0.2) is 0 Å². The van der Waals surface area contributed by atoms with Gasteiger partial charge in [-0.3, -0.25) is 14.3 Å². The normalized spacial score (nSPS) is 20.7. The van der Waals surface area contributed by atoms with Crippen molar-refractivity contribution in [3.63, 3.8) is 0 Å². The van der Waals surface area contributed by atoms with E-state index in [1.165, 1.54) is 6.20 Å². The summed E-state index contributed by atoms with van der Waals surface area (Å²) in [4.78, 5) is 63.2. The second-order valence-corrected chi connectivity index (χ2v) is 11.0. The van der Waals surface area contributed by atoms with Gasteiger partial charge in [0.25, 0.3) is 5.56 Å². The third-order valence-corrected chi connectivity index (χ3v) is 4.96. The molecule has 0 aromatic carbocycles. The van der Waals surface area contributed by atoms with Crippen LogP contribution in [0.4, 0.5) is 9.59 Å². The van der Waals surface area contributed by atoms with Crippen LogP contribution in [0.3, 0.4) is 0 Å². The first-order valence-corrected chi connectivity index (χ1v) is 12.0. The highest BCUT2D eigenvalue weighted by Crippen LogP contribution is 2.31. The molecule has 37 heavy (non-hydrogen) atoms. The number of carbonyl (C=O) groups excluding carboxylic acids is 3. The molecule has 0 aliphatic carbocycles. The van der Waals surface area contributed by atoms with E-state index in [9.17, 15) is 24.0 Å². The summed E-state index contributed by atoms with van der Waals surface area (Å²) in [7, 11) is 0. The maximum atomic E-state index is 13.1. The summed E-state index contributed by atoms with van der Waals surface area (Å²) >= 11 is 0. The molecule has 0 spiro atoms. The maximum Gasteiger partial charge on any atom is 0.508 e. The van der Waals surface area contributed by atoms with Gasteiger partial charge < -0.3 is 29.0 Å². The number of H-pyrrole nitrogens is 1. The standard InChI is InChI=1S/C24H37N3O10/c1-13(2)18(26-21(31)36-23(3,4)5)19(29)35-14-11-17(27-10-9-16(28)25-20(27)30)34-15(14)12-33-22(32)37-24(6,7)8/h9-10,13-15,17-18H,11-12H2,1-8H3,(H,26,31)(H,25,28,30)/t14?,15-,17-,18-/m1/s1. The highest BCUT2D eigenvalue weighted by Gasteiger charge is 2.42. The van der Waals surface area contributed by atoms with Gasteiger partial charge in [-0.1, -0.05) is 13.8 Å². The van der Waals surface area contributed by atoms with Crippen LogP contribution in [0.1, 0.15) is 68.0 Å². The van der Waals surface area contributed by atoms with Crippen LogP contribution < -0.4 is 16.6 Å². The second-order valence-electron chi connectivity index (χ2n) is 11.0. The fraction of sp³-hybridized carbons (Fsp3) is 0.708. The number of amides is 1. The molecule has 0 bridgehead atoms. The van der Waals surface area contributed by atoms with Crippen molar-refractivity contribution < 1.29 is 38.1 Å². The first kappa shape index (κ1) is 29.9. The molecule has 1 aromatic rings. The zero-order valence-corrected chi connectivity index (χ0v) is 22.5. The fourth-order valence-electron chi connectivity index (χ4n) is 3.38. The molecule has 4 atom stereocenters. The van der Waals surface area contributed by atoms with Crippen LogP contribution in [0.25, 0.3) is 0 Å². The van der Waals surface area contributed by atoms with Crippen molar-refractivity contribution in [3.05, 3.63) is 33.1 Å². The molecule has 1 aliphatic rings. The number of aromatic nitrogens is 2. The van der Waals surface area contributed by atoms with Crippen molar-refractivity contribution in [3.8, 4) is 0 Å². The van der Waals surface area contributed by atoms with Crippen LogP contribution >= 0.6 is 0 Å². The van der Waals surface area contributed by atoms with E-state index in [4.69, 9.17) is 23.7 Å². The van der Waals surface area contributed by atoms with Crippen LogP contribution in [-0.4, -0.2) is 63.8 Å². The Labute approximate surface area is 214 Å².